The van der Waals surface area contributed by atoms with Crippen molar-refractivity contribution in [3.8, 4) is 0 Å². The molecule has 1 aromatic carbocycles. The maximum Gasteiger partial charge on any atom is 0.0423 e. The molecule has 2 rings (SSSR count). The zero-order valence-corrected chi connectivity index (χ0v) is 11.1. The molecule has 1 saturated carbocycles. The zero-order chi connectivity index (χ0) is 10.8. The van der Waals surface area contributed by atoms with Crippen LogP contribution < -0.4 is 0 Å². The van der Waals surface area contributed by atoms with Gasteiger partial charge in [-0.1, -0.05) is 60.5 Å². The number of alkyl halides is 1. The van der Waals surface area contributed by atoms with Crippen LogP contribution in [0.15, 0.2) is 24.3 Å². The first kappa shape index (κ1) is 11.2. The van der Waals surface area contributed by atoms with E-state index in [0.29, 0.717) is 10.7 Å². The predicted octanol–water partition coefficient (Wildman–Crippen LogP) is 5.05. The maximum atomic E-state index is 3.82. The molecule has 1 atom stereocenters. The third kappa shape index (κ3) is 2.44. The van der Waals surface area contributed by atoms with Crippen LogP contribution in [-0.4, -0.2) is 0 Å². The minimum Gasteiger partial charge on any atom is -0.0836 e. The van der Waals surface area contributed by atoms with Gasteiger partial charge >= 0.3 is 0 Å². The molecule has 82 valence electrons. The Morgan fingerprint density at radius 3 is 2.00 bits per heavy atom. The Morgan fingerprint density at radius 1 is 1.07 bits per heavy atom. The van der Waals surface area contributed by atoms with Crippen LogP contribution in [0.3, 0.4) is 0 Å². The Kier molecular flexibility index (Phi) is 3.50. The summed E-state index contributed by atoms with van der Waals surface area (Å²) in [4.78, 5) is 0.576. The standard InChI is InChI=1S/C14H19Br/c1-10(2)11-6-8-13(9-7-11)14(15)12-4-3-5-12/h6-10,12,14H,3-5H2,1-2H3. The first-order valence-electron chi connectivity index (χ1n) is 5.92. The predicted molar refractivity (Wildman–Crippen MR) is 69.5 cm³/mol. The van der Waals surface area contributed by atoms with Crippen LogP contribution in [-0.2, 0) is 0 Å². The van der Waals surface area contributed by atoms with E-state index in [4.69, 9.17) is 0 Å². The van der Waals surface area contributed by atoms with Crippen molar-refractivity contribution >= 4 is 15.9 Å². The van der Waals surface area contributed by atoms with E-state index in [-0.39, 0.29) is 0 Å². The van der Waals surface area contributed by atoms with E-state index in [9.17, 15) is 0 Å². The Bertz CT molecular complexity index is 309. The van der Waals surface area contributed by atoms with Crippen LogP contribution in [0.5, 0.6) is 0 Å². The molecule has 0 spiro atoms. The lowest BCUT2D eigenvalue weighted by atomic mass is 9.80. The lowest BCUT2D eigenvalue weighted by molar-refractivity contribution is 0.312. The second-order valence-electron chi connectivity index (χ2n) is 4.91. The molecule has 0 heterocycles. The fourth-order valence-corrected chi connectivity index (χ4v) is 2.90. The topological polar surface area (TPSA) is 0 Å². The van der Waals surface area contributed by atoms with E-state index in [0.717, 1.165) is 5.92 Å². The van der Waals surface area contributed by atoms with Crippen molar-refractivity contribution in [2.45, 2.75) is 43.9 Å². The molecular formula is C14H19Br. The monoisotopic (exact) mass is 266 g/mol. The summed E-state index contributed by atoms with van der Waals surface area (Å²) >= 11 is 3.82. The van der Waals surface area contributed by atoms with Crippen molar-refractivity contribution in [2.24, 2.45) is 5.92 Å². The molecule has 0 bridgehead atoms. The smallest absolute Gasteiger partial charge is 0.0423 e. The maximum absolute atomic E-state index is 3.82. The summed E-state index contributed by atoms with van der Waals surface area (Å²) in [5, 5.41) is 0. The van der Waals surface area contributed by atoms with Gasteiger partial charge in [-0.25, -0.2) is 0 Å². The second kappa shape index (κ2) is 4.69. The number of hydrogen-bond acceptors (Lipinski definition) is 0. The molecule has 0 amide bonds. The highest BCUT2D eigenvalue weighted by Gasteiger charge is 2.26. The average Bonchev–Trinajstić information content (AvgIpc) is 2.15. The fraction of sp³-hybridized carbons (Fsp3) is 0.571. The van der Waals surface area contributed by atoms with E-state index in [1.54, 1.807) is 0 Å². The molecule has 0 radical (unpaired) electrons. The molecule has 15 heavy (non-hydrogen) atoms. The molecular weight excluding hydrogens is 248 g/mol. The van der Waals surface area contributed by atoms with Gasteiger partial charge in [-0.3, -0.25) is 0 Å². The molecule has 0 aliphatic heterocycles. The summed E-state index contributed by atoms with van der Waals surface area (Å²) in [5.41, 5.74) is 2.89. The summed E-state index contributed by atoms with van der Waals surface area (Å²) in [5.74, 6) is 1.51. The molecule has 1 aromatic rings. The third-order valence-electron chi connectivity index (χ3n) is 3.49. The number of halogens is 1. The molecule has 0 nitrogen and oxygen atoms in total. The van der Waals surface area contributed by atoms with Gasteiger partial charge in [0.25, 0.3) is 0 Å². The normalized spacial score (nSPS) is 18.9. The zero-order valence-electron chi connectivity index (χ0n) is 9.54. The molecule has 0 saturated heterocycles. The first-order chi connectivity index (χ1) is 7.18. The lowest BCUT2D eigenvalue weighted by Gasteiger charge is -2.30. The summed E-state index contributed by atoms with van der Waals surface area (Å²) in [6, 6.07) is 9.11. The second-order valence-corrected chi connectivity index (χ2v) is 5.90. The van der Waals surface area contributed by atoms with Crippen molar-refractivity contribution in [1.82, 2.24) is 0 Å². The minimum atomic E-state index is 0.576. The summed E-state index contributed by atoms with van der Waals surface area (Å²) in [6.07, 6.45) is 4.19. The quantitative estimate of drug-likeness (QED) is 0.672. The molecule has 1 aliphatic carbocycles. The first-order valence-corrected chi connectivity index (χ1v) is 6.84. The highest BCUT2D eigenvalue weighted by atomic mass is 79.9. The minimum absolute atomic E-state index is 0.576. The van der Waals surface area contributed by atoms with Gasteiger partial charge in [0.1, 0.15) is 0 Å². The van der Waals surface area contributed by atoms with Crippen LogP contribution in [0, 0.1) is 5.92 Å². The summed E-state index contributed by atoms with van der Waals surface area (Å²) in [6.45, 7) is 4.49. The highest BCUT2D eigenvalue weighted by Crippen LogP contribution is 2.43. The van der Waals surface area contributed by atoms with E-state index in [2.05, 4.69) is 54.0 Å². The van der Waals surface area contributed by atoms with Crippen molar-refractivity contribution in [1.29, 1.82) is 0 Å². The van der Waals surface area contributed by atoms with Crippen molar-refractivity contribution in [3.63, 3.8) is 0 Å². The van der Waals surface area contributed by atoms with Gasteiger partial charge < -0.3 is 0 Å². The van der Waals surface area contributed by atoms with E-state index in [1.165, 1.54) is 30.4 Å². The van der Waals surface area contributed by atoms with Crippen molar-refractivity contribution < 1.29 is 0 Å². The third-order valence-corrected chi connectivity index (χ3v) is 4.76. The average molecular weight is 267 g/mol. The summed E-state index contributed by atoms with van der Waals surface area (Å²) in [7, 11) is 0. The van der Waals surface area contributed by atoms with E-state index < -0.39 is 0 Å². The number of hydrogen-bond donors (Lipinski definition) is 0. The van der Waals surface area contributed by atoms with Crippen molar-refractivity contribution in [3.05, 3.63) is 35.4 Å². The van der Waals surface area contributed by atoms with Gasteiger partial charge in [0, 0.05) is 4.83 Å². The molecule has 1 aliphatic rings. The van der Waals surface area contributed by atoms with Gasteiger partial charge in [0.05, 0.1) is 0 Å². The Morgan fingerprint density at radius 2 is 1.60 bits per heavy atom. The van der Waals surface area contributed by atoms with Crippen LogP contribution in [0.1, 0.15) is 55.0 Å². The van der Waals surface area contributed by atoms with E-state index >= 15 is 0 Å². The van der Waals surface area contributed by atoms with Gasteiger partial charge in [-0.05, 0) is 35.8 Å². The van der Waals surface area contributed by atoms with E-state index in [1.807, 2.05) is 0 Å². The Balaban J connectivity index is 2.08. The Labute approximate surface area is 101 Å². The van der Waals surface area contributed by atoms with Crippen molar-refractivity contribution in [2.75, 3.05) is 0 Å². The van der Waals surface area contributed by atoms with Gasteiger partial charge in [-0.2, -0.15) is 0 Å². The summed E-state index contributed by atoms with van der Waals surface area (Å²) < 4.78 is 0. The van der Waals surface area contributed by atoms with Gasteiger partial charge in [-0.15, -0.1) is 0 Å². The molecule has 1 heteroatoms. The Hall–Kier alpha value is -0.300. The molecule has 0 aromatic heterocycles. The fourth-order valence-electron chi connectivity index (χ4n) is 2.07. The highest BCUT2D eigenvalue weighted by molar-refractivity contribution is 9.09. The largest absolute Gasteiger partial charge is 0.0836 e. The van der Waals surface area contributed by atoms with Crippen LogP contribution in [0.25, 0.3) is 0 Å². The van der Waals surface area contributed by atoms with Crippen LogP contribution >= 0.6 is 15.9 Å². The lowest BCUT2D eigenvalue weighted by Crippen LogP contribution is -2.16. The van der Waals surface area contributed by atoms with Gasteiger partial charge in [0.15, 0.2) is 0 Å². The SMILES string of the molecule is CC(C)c1ccc(C(Br)C2CCC2)cc1. The van der Waals surface area contributed by atoms with Gasteiger partial charge in [0.2, 0.25) is 0 Å². The molecule has 0 N–H and O–H groups in total. The molecule has 1 fully saturated rings. The number of benzene rings is 1. The van der Waals surface area contributed by atoms with Crippen LogP contribution in [0.2, 0.25) is 0 Å². The van der Waals surface area contributed by atoms with Crippen LogP contribution in [0.4, 0.5) is 0 Å². The number of rotatable bonds is 3. The molecule has 1 unspecified atom stereocenters.